The van der Waals surface area contributed by atoms with Gasteiger partial charge in [0.1, 0.15) is 11.5 Å². The SMILES string of the molecule is O=C(O)C1CCc2nn(-c3ccccc3F)cc2C1. The van der Waals surface area contributed by atoms with Crippen molar-refractivity contribution in [2.24, 2.45) is 5.92 Å². The second-order valence-corrected chi connectivity index (χ2v) is 4.77. The summed E-state index contributed by atoms with van der Waals surface area (Å²) in [4.78, 5) is 11.0. The van der Waals surface area contributed by atoms with E-state index in [-0.39, 0.29) is 11.7 Å². The summed E-state index contributed by atoms with van der Waals surface area (Å²) in [5.74, 6) is -1.47. The molecule has 1 aliphatic rings. The van der Waals surface area contributed by atoms with Gasteiger partial charge in [-0.15, -0.1) is 0 Å². The van der Waals surface area contributed by atoms with Gasteiger partial charge in [-0.05, 0) is 37.0 Å². The molecule has 1 N–H and O–H groups in total. The Kier molecular flexibility index (Phi) is 2.81. The van der Waals surface area contributed by atoms with E-state index in [1.54, 1.807) is 24.4 Å². The zero-order valence-electron chi connectivity index (χ0n) is 10.2. The molecule has 0 radical (unpaired) electrons. The molecular weight excluding hydrogens is 247 g/mol. The number of para-hydroxylation sites is 1. The first-order valence-electron chi connectivity index (χ1n) is 6.20. The van der Waals surface area contributed by atoms with Crippen molar-refractivity contribution >= 4 is 5.97 Å². The Morgan fingerprint density at radius 2 is 2.21 bits per heavy atom. The van der Waals surface area contributed by atoms with Crippen molar-refractivity contribution in [3.8, 4) is 5.69 Å². The van der Waals surface area contributed by atoms with E-state index in [1.807, 2.05) is 0 Å². The highest BCUT2D eigenvalue weighted by Crippen LogP contribution is 2.26. The minimum atomic E-state index is -0.774. The molecule has 0 amide bonds. The van der Waals surface area contributed by atoms with Gasteiger partial charge in [0.15, 0.2) is 0 Å². The van der Waals surface area contributed by atoms with E-state index in [1.165, 1.54) is 10.7 Å². The van der Waals surface area contributed by atoms with Gasteiger partial charge in [-0.3, -0.25) is 4.79 Å². The van der Waals surface area contributed by atoms with Crippen molar-refractivity contribution in [1.82, 2.24) is 9.78 Å². The predicted octanol–water partition coefficient (Wildman–Crippen LogP) is 2.20. The van der Waals surface area contributed by atoms with E-state index in [2.05, 4.69) is 5.10 Å². The van der Waals surface area contributed by atoms with Crippen LogP contribution in [0, 0.1) is 11.7 Å². The number of carboxylic acid groups (broad SMARTS) is 1. The fourth-order valence-corrected chi connectivity index (χ4v) is 2.48. The van der Waals surface area contributed by atoms with Crippen LogP contribution in [0.1, 0.15) is 17.7 Å². The van der Waals surface area contributed by atoms with Gasteiger partial charge in [-0.2, -0.15) is 5.10 Å². The fraction of sp³-hybridized carbons (Fsp3) is 0.286. The third kappa shape index (κ3) is 2.12. The van der Waals surface area contributed by atoms with Crippen LogP contribution in [0.4, 0.5) is 4.39 Å². The lowest BCUT2D eigenvalue weighted by molar-refractivity contribution is -0.142. The summed E-state index contributed by atoms with van der Waals surface area (Å²) in [5.41, 5.74) is 2.17. The summed E-state index contributed by atoms with van der Waals surface area (Å²) in [6, 6.07) is 6.42. The minimum Gasteiger partial charge on any atom is -0.481 e. The number of halogens is 1. The van der Waals surface area contributed by atoms with E-state index in [0.29, 0.717) is 24.9 Å². The summed E-state index contributed by atoms with van der Waals surface area (Å²) in [7, 11) is 0. The number of benzene rings is 1. The van der Waals surface area contributed by atoms with Crippen molar-refractivity contribution in [2.45, 2.75) is 19.3 Å². The maximum absolute atomic E-state index is 13.7. The smallest absolute Gasteiger partial charge is 0.306 e. The van der Waals surface area contributed by atoms with E-state index >= 15 is 0 Å². The Bertz CT molecular complexity index is 636. The molecule has 1 atom stereocenters. The van der Waals surface area contributed by atoms with Crippen LogP contribution in [0.15, 0.2) is 30.5 Å². The Labute approximate surface area is 109 Å². The van der Waals surface area contributed by atoms with Crippen LogP contribution in [-0.2, 0) is 17.6 Å². The zero-order chi connectivity index (χ0) is 13.4. The highest BCUT2D eigenvalue weighted by atomic mass is 19.1. The van der Waals surface area contributed by atoms with Gasteiger partial charge in [0.2, 0.25) is 0 Å². The number of hydrogen-bond donors (Lipinski definition) is 1. The number of rotatable bonds is 2. The van der Waals surface area contributed by atoms with E-state index in [4.69, 9.17) is 5.11 Å². The Morgan fingerprint density at radius 3 is 2.95 bits per heavy atom. The van der Waals surface area contributed by atoms with Crippen molar-refractivity contribution in [1.29, 1.82) is 0 Å². The van der Waals surface area contributed by atoms with Crippen LogP contribution in [-0.4, -0.2) is 20.9 Å². The first-order chi connectivity index (χ1) is 9.15. The van der Waals surface area contributed by atoms with Crippen molar-refractivity contribution in [2.75, 3.05) is 0 Å². The molecule has 1 aliphatic carbocycles. The quantitative estimate of drug-likeness (QED) is 0.900. The van der Waals surface area contributed by atoms with E-state index < -0.39 is 5.97 Å². The van der Waals surface area contributed by atoms with Crippen LogP contribution in [0.2, 0.25) is 0 Å². The molecule has 1 unspecified atom stereocenters. The highest BCUT2D eigenvalue weighted by Gasteiger charge is 2.26. The van der Waals surface area contributed by atoms with Gasteiger partial charge in [-0.25, -0.2) is 9.07 Å². The number of aryl methyl sites for hydroxylation is 1. The normalized spacial score (nSPS) is 18.1. The molecule has 1 heterocycles. The van der Waals surface area contributed by atoms with Crippen LogP contribution in [0.5, 0.6) is 0 Å². The van der Waals surface area contributed by atoms with Gasteiger partial charge >= 0.3 is 5.97 Å². The average molecular weight is 260 g/mol. The van der Waals surface area contributed by atoms with Gasteiger partial charge in [0.25, 0.3) is 0 Å². The van der Waals surface area contributed by atoms with Crippen LogP contribution < -0.4 is 0 Å². The topological polar surface area (TPSA) is 55.1 Å². The molecule has 1 aromatic heterocycles. The highest BCUT2D eigenvalue weighted by molar-refractivity contribution is 5.70. The fourth-order valence-electron chi connectivity index (χ4n) is 2.48. The number of carboxylic acids is 1. The molecule has 0 spiro atoms. The van der Waals surface area contributed by atoms with Gasteiger partial charge in [0, 0.05) is 6.20 Å². The van der Waals surface area contributed by atoms with Gasteiger partial charge in [-0.1, -0.05) is 12.1 Å². The molecule has 19 heavy (non-hydrogen) atoms. The molecule has 5 heteroatoms. The summed E-state index contributed by atoms with van der Waals surface area (Å²) in [5, 5.41) is 13.4. The third-order valence-electron chi connectivity index (χ3n) is 3.52. The second-order valence-electron chi connectivity index (χ2n) is 4.77. The lowest BCUT2D eigenvalue weighted by atomic mass is 9.88. The lowest BCUT2D eigenvalue weighted by Gasteiger charge is -2.16. The minimum absolute atomic E-state index is 0.336. The number of aliphatic carboxylic acids is 1. The summed E-state index contributed by atoms with van der Waals surface area (Å²) in [6.07, 6.45) is 3.44. The average Bonchev–Trinajstić information content (AvgIpc) is 2.81. The number of carbonyl (C=O) groups is 1. The summed E-state index contributed by atoms with van der Waals surface area (Å²) in [6.45, 7) is 0. The van der Waals surface area contributed by atoms with Crippen LogP contribution >= 0.6 is 0 Å². The molecular formula is C14H13FN2O2. The molecule has 4 nitrogen and oxygen atoms in total. The monoisotopic (exact) mass is 260 g/mol. The molecule has 0 aliphatic heterocycles. The molecule has 0 saturated heterocycles. The maximum Gasteiger partial charge on any atom is 0.306 e. The molecule has 2 aromatic rings. The molecule has 0 saturated carbocycles. The van der Waals surface area contributed by atoms with E-state index in [0.717, 1.165) is 11.3 Å². The van der Waals surface area contributed by atoms with Crippen molar-refractivity contribution in [3.63, 3.8) is 0 Å². The van der Waals surface area contributed by atoms with Crippen molar-refractivity contribution in [3.05, 3.63) is 47.5 Å². The Hall–Kier alpha value is -2.17. The Balaban J connectivity index is 1.96. The number of nitrogens with zero attached hydrogens (tertiary/aromatic N) is 2. The van der Waals surface area contributed by atoms with Crippen molar-refractivity contribution < 1.29 is 14.3 Å². The first kappa shape index (κ1) is 11.9. The maximum atomic E-state index is 13.7. The van der Waals surface area contributed by atoms with E-state index in [9.17, 15) is 9.18 Å². The summed E-state index contributed by atoms with van der Waals surface area (Å²) < 4.78 is 15.2. The van der Waals surface area contributed by atoms with Crippen LogP contribution in [0.25, 0.3) is 5.69 Å². The second kappa shape index (κ2) is 4.50. The largest absolute Gasteiger partial charge is 0.481 e. The Morgan fingerprint density at radius 1 is 1.42 bits per heavy atom. The van der Waals surface area contributed by atoms with Gasteiger partial charge < -0.3 is 5.11 Å². The molecule has 0 bridgehead atoms. The zero-order valence-corrected chi connectivity index (χ0v) is 10.2. The summed E-state index contributed by atoms with van der Waals surface area (Å²) >= 11 is 0. The van der Waals surface area contributed by atoms with Crippen LogP contribution in [0.3, 0.4) is 0 Å². The molecule has 98 valence electrons. The van der Waals surface area contributed by atoms with Gasteiger partial charge in [0.05, 0.1) is 11.6 Å². The first-order valence-corrected chi connectivity index (χ1v) is 6.20. The lowest BCUT2D eigenvalue weighted by Crippen LogP contribution is -2.21. The number of fused-ring (bicyclic) bond motifs is 1. The number of hydrogen-bond acceptors (Lipinski definition) is 2. The molecule has 1 aromatic carbocycles. The number of aromatic nitrogens is 2. The third-order valence-corrected chi connectivity index (χ3v) is 3.52. The standard InChI is InChI=1S/C14H13FN2O2/c15-11-3-1-2-4-13(11)17-8-10-7-9(14(18)19)5-6-12(10)16-17/h1-4,8-9H,5-7H2,(H,18,19). The molecule has 0 fully saturated rings. The molecule has 3 rings (SSSR count). The predicted molar refractivity (Wildman–Crippen MR) is 66.7 cm³/mol.